The average Bonchev–Trinajstić information content (AvgIpc) is 3.56. The Kier molecular flexibility index (Phi) is 10.6. The largest absolute Gasteiger partial charge is 0.392 e. The number of aromatic nitrogens is 2. The summed E-state index contributed by atoms with van der Waals surface area (Å²) in [6, 6.07) is 40.3. The van der Waals surface area contributed by atoms with Gasteiger partial charge in [-0.1, -0.05) is 91.0 Å². The van der Waals surface area contributed by atoms with Crippen LogP contribution in [0, 0.1) is 0 Å². The van der Waals surface area contributed by atoms with E-state index in [-0.39, 0.29) is 42.0 Å². The van der Waals surface area contributed by atoms with Gasteiger partial charge >= 0.3 is 5.69 Å². The van der Waals surface area contributed by atoms with E-state index < -0.39 is 16.3 Å². The quantitative estimate of drug-likeness (QED) is 0.133. The van der Waals surface area contributed by atoms with E-state index in [2.05, 4.69) is 20.7 Å². The van der Waals surface area contributed by atoms with Crippen LogP contribution in [0.1, 0.15) is 60.0 Å². The van der Waals surface area contributed by atoms with Crippen molar-refractivity contribution < 1.29 is 23.0 Å². The molecule has 0 spiro atoms. The lowest BCUT2D eigenvalue weighted by atomic mass is 9.97. The number of ether oxygens (including phenoxy) is 2. The number of aliphatic hydroxyl groups excluding tert-OH is 1. The highest BCUT2D eigenvalue weighted by Crippen LogP contribution is 2.39. The molecule has 5 aromatic carbocycles. The van der Waals surface area contributed by atoms with Crippen molar-refractivity contribution in [2.45, 2.75) is 61.8 Å². The lowest BCUT2D eigenvalue weighted by Gasteiger charge is -2.40. The zero-order chi connectivity index (χ0) is 37.1. The third kappa shape index (κ3) is 7.97. The molecule has 10 nitrogen and oxygen atoms in total. The zero-order valence-electron chi connectivity index (χ0n) is 29.9. The summed E-state index contributed by atoms with van der Waals surface area (Å²) in [5.41, 5.74) is 7.29. The third-order valence-electron chi connectivity index (χ3n) is 10.6. The monoisotopic (exact) mass is 744 g/mol. The first-order chi connectivity index (χ1) is 26.3. The minimum atomic E-state index is -3.64. The van der Waals surface area contributed by atoms with E-state index in [1.165, 1.54) is 0 Å². The molecular formula is C43H44N4O6S. The fourth-order valence-electron chi connectivity index (χ4n) is 7.70. The van der Waals surface area contributed by atoms with Gasteiger partial charge in [0.05, 0.1) is 34.7 Å². The number of para-hydroxylation sites is 2. The average molecular weight is 745 g/mol. The van der Waals surface area contributed by atoms with Gasteiger partial charge in [0, 0.05) is 44.2 Å². The molecule has 3 atom stereocenters. The molecule has 11 heteroatoms. The molecule has 0 aliphatic carbocycles. The molecule has 3 N–H and O–H groups in total. The van der Waals surface area contributed by atoms with Crippen molar-refractivity contribution in [3.63, 3.8) is 0 Å². The van der Waals surface area contributed by atoms with E-state index in [0.29, 0.717) is 6.42 Å². The fraction of sp³-hybridized carbons (Fsp3) is 0.279. The Labute approximate surface area is 315 Å². The number of H-pyrrole nitrogens is 1. The molecule has 0 radical (unpaired) electrons. The van der Waals surface area contributed by atoms with Crippen LogP contribution in [0.25, 0.3) is 22.2 Å². The maximum Gasteiger partial charge on any atom is 0.326 e. The maximum atomic E-state index is 12.9. The Morgan fingerprint density at radius 2 is 1.48 bits per heavy atom. The summed E-state index contributed by atoms with van der Waals surface area (Å²) >= 11 is 0. The molecule has 0 bridgehead atoms. The molecule has 0 saturated carbocycles. The molecule has 6 aromatic rings. The number of sulfonamides is 1. The van der Waals surface area contributed by atoms with E-state index in [4.69, 9.17) is 9.47 Å². The number of aromatic amines is 1. The number of fused-ring (bicyclic) bond motifs is 1. The van der Waals surface area contributed by atoms with Gasteiger partial charge in [-0.3, -0.25) is 4.57 Å². The van der Waals surface area contributed by atoms with Gasteiger partial charge in [-0.05, 0) is 77.1 Å². The number of hydrogen-bond donors (Lipinski definition) is 3. The zero-order valence-corrected chi connectivity index (χ0v) is 30.7. The van der Waals surface area contributed by atoms with Crippen LogP contribution in [0.4, 0.5) is 0 Å². The normalized spacial score (nSPS) is 20.0. The van der Waals surface area contributed by atoms with Crippen LogP contribution in [-0.2, 0) is 32.6 Å². The second-order valence-electron chi connectivity index (χ2n) is 14.2. The predicted octanol–water partition coefficient (Wildman–Crippen LogP) is 6.85. The summed E-state index contributed by atoms with van der Waals surface area (Å²) in [6.07, 6.45) is 1.48. The summed E-state index contributed by atoms with van der Waals surface area (Å²) in [4.78, 5) is 18.6. The van der Waals surface area contributed by atoms with Gasteiger partial charge in [-0.25, -0.2) is 17.9 Å². The van der Waals surface area contributed by atoms with Crippen LogP contribution < -0.4 is 10.4 Å². The highest BCUT2D eigenvalue weighted by molar-refractivity contribution is 7.89. The van der Waals surface area contributed by atoms with E-state index in [1.807, 2.05) is 95.6 Å². The number of likely N-dealkylation sites (tertiary alicyclic amines) is 1. The first kappa shape index (κ1) is 36.1. The molecule has 0 unspecified atom stereocenters. The number of nitrogens with zero attached hydrogens (tertiary/aromatic N) is 2. The van der Waals surface area contributed by atoms with Gasteiger partial charge in [0.2, 0.25) is 10.0 Å². The van der Waals surface area contributed by atoms with Gasteiger partial charge in [0.25, 0.3) is 0 Å². The van der Waals surface area contributed by atoms with E-state index in [1.54, 1.807) is 30.3 Å². The number of nitrogens with one attached hydrogen (secondary N) is 2. The van der Waals surface area contributed by atoms with Crippen molar-refractivity contribution in [3.8, 4) is 11.1 Å². The fourth-order valence-corrected chi connectivity index (χ4v) is 8.74. The Morgan fingerprint density at radius 1 is 0.759 bits per heavy atom. The van der Waals surface area contributed by atoms with Gasteiger partial charge < -0.3 is 24.5 Å². The maximum absolute atomic E-state index is 12.9. The smallest absolute Gasteiger partial charge is 0.326 e. The lowest BCUT2D eigenvalue weighted by Crippen LogP contribution is -2.43. The predicted molar refractivity (Wildman–Crippen MR) is 208 cm³/mol. The molecule has 3 heterocycles. The molecule has 2 aliphatic rings. The topological polar surface area (TPSA) is 126 Å². The van der Waals surface area contributed by atoms with E-state index in [9.17, 15) is 18.3 Å². The highest BCUT2D eigenvalue weighted by Gasteiger charge is 2.34. The van der Waals surface area contributed by atoms with Crippen molar-refractivity contribution in [1.82, 2.24) is 19.2 Å². The van der Waals surface area contributed by atoms with Crippen molar-refractivity contribution in [2.75, 3.05) is 19.6 Å². The summed E-state index contributed by atoms with van der Waals surface area (Å²) in [6.45, 7) is 2.58. The first-order valence-corrected chi connectivity index (χ1v) is 20.0. The van der Waals surface area contributed by atoms with Gasteiger partial charge in [0.15, 0.2) is 6.29 Å². The van der Waals surface area contributed by atoms with Crippen molar-refractivity contribution in [3.05, 3.63) is 160 Å². The van der Waals surface area contributed by atoms with Crippen LogP contribution in [0.2, 0.25) is 0 Å². The third-order valence-corrected chi connectivity index (χ3v) is 12.0. The molecular weight excluding hydrogens is 701 g/mol. The molecule has 2 aliphatic heterocycles. The molecule has 2 fully saturated rings. The van der Waals surface area contributed by atoms with Crippen LogP contribution in [0.5, 0.6) is 0 Å². The molecule has 0 amide bonds. The summed E-state index contributed by atoms with van der Waals surface area (Å²) in [5, 5.41) is 9.64. The van der Waals surface area contributed by atoms with Gasteiger partial charge in [-0.2, -0.15) is 0 Å². The van der Waals surface area contributed by atoms with Crippen LogP contribution >= 0.6 is 0 Å². The van der Waals surface area contributed by atoms with E-state index in [0.717, 1.165) is 76.9 Å². The van der Waals surface area contributed by atoms with Gasteiger partial charge in [-0.15, -0.1) is 0 Å². The van der Waals surface area contributed by atoms with Crippen molar-refractivity contribution in [1.29, 1.82) is 0 Å². The number of aliphatic hydroxyl groups is 1. The SMILES string of the molecule is O=c1[nH]c2ccccc2n1C1CCN(C[C@H]2C[C@@H](c3ccc(CO)cc3)O[C@@H](c3cccc(-c4cccc(CNS(=O)(=O)c5ccccc5)c4)c3)O2)CC1. The summed E-state index contributed by atoms with van der Waals surface area (Å²) < 4.78 is 43.8. The van der Waals surface area contributed by atoms with Gasteiger partial charge in [0.1, 0.15) is 0 Å². The minimum absolute atomic E-state index is 0.0202. The van der Waals surface area contributed by atoms with E-state index >= 15 is 0 Å². The Bertz CT molecular complexity index is 2370. The Hall–Kier alpha value is -4.88. The first-order valence-electron chi connectivity index (χ1n) is 18.5. The number of rotatable bonds is 11. The van der Waals surface area contributed by atoms with Crippen LogP contribution in [0.3, 0.4) is 0 Å². The second-order valence-corrected chi connectivity index (χ2v) is 15.9. The van der Waals surface area contributed by atoms with Crippen LogP contribution in [0.15, 0.2) is 137 Å². The standard InChI is InChI=1S/C43H44N4O6S/c48-29-30-16-18-32(19-17-30)41-26-37(28-46-22-20-36(21-23-46)47-40-15-5-4-14-39(40)45-43(47)49)52-42(53-41)35-11-7-10-34(25-35)33-9-6-8-31(24-33)27-44-54(50,51)38-12-2-1-3-13-38/h1-19,24-25,36-37,41-42,44,48H,20-23,26-29H2,(H,45,49)/t37-,41+,42+/m1/s1. The minimum Gasteiger partial charge on any atom is -0.392 e. The summed E-state index contributed by atoms with van der Waals surface area (Å²) in [5.74, 6) is 0. The Balaban J connectivity index is 0.985. The molecule has 8 rings (SSSR count). The van der Waals surface area contributed by atoms with Crippen molar-refractivity contribution >= 4 is 21.1 Å². The lowest BCUT2D eigenvalue weighted by molar-refractivity contribution is -0.253. The number of benzene rings is 5. The van der Waals surface area contributed by atoms with Crippen LogP contribution in [-0.4, -0.2) is 53.7 Å². The molecule has 54 heavy (non-hydrogen) atoms. The Morgan fingerprint density at radius 3 is 2.26 bits per heavy atom. The molecule has 278 valence electrons. The number of imidazole rings is 1. The number of hydrogen-bond acceptors (Lipinski definition) is 7. The van der Waals surface area contributed by atoms with Crippen molar-refractivity contribution in [2.24, 2.45) is 0 Å². The summed E-state index contributed by atoms with van der Waals surface area (Å²) in [7, 11) is -3.64. The number of piperidine rings is 1. The molecule has 1 aromatic heterocycles. The highest BCUT2D eigenvalue weighted by atomic mass is 32.2. The molecule has 2 saturated heterocycles. The second kappa shape index (κ2) is 15.8.